The molecular formula is C14H16N2O2S. The molecule has 1 aliphatic heterocycles. The van der Waals surface area contributed by atoms with Gasteiger partial charge in [-0.3, -0.25) is 4.79 Å². The number of benzene rings is 1. The van der Waals surface area contributed by atoms with E-state index < -0.39 is 5.60 Å². The molecule has 5 heteroatoms. The van der Waals surface area contributed by atoms with Crippen molar-refractivity contribution in [3.8, 4) is 0 Å². The summed E-state index contributed by atoms with van der Waals surface area (Å²) in [6.07, 6.45) is 2.56. The van der Waals surface area contributed by atoms with Crippen LogP contribution in [0.4, 0.5) is 0 Å². The Balaban J connectivity index is 1.75. The van der Waals surface area contributed by atoms with E-state index in [9.17, 15) is 9.90 Å². The Kier molecular flexibility index (Phi) is 3.24. The molecule has 0 radical (unpaired) electrons. The Bertz CT molecular complexity index is 602. The molecule has 1 unspecified atom stereocenters. The number of H-pyrrole nitrogens is 1. The second-order valence-corrected chi connectivity index (χ2v) is 6.06. The first kappa shape index (κ1) is 12.6. The molecule has 3 N–H and O–H groups in total. The van der Waals surface area contributed by atoms with Crippen LogP contribution in [0, 0.1) is 0 Å². The van der Waals surface area contributed by atoms with E-state index in [4.69, 9.17) is 0 Å². The van der Waals surface area contributed by atoms with Crippen LogP contribution in [0.1, 0.15) is 16.8 Å². The quantitative estimate of drug-likeness (QED) is 0.800. The van der Waals surface area contributed by atoms with Crippen molar-refractivity contribution in [2.45, 2.75) is 12.0 Å². The number of aromatic nitrogens is 1. The maximum absolute atomic E-state index is 12.2. The Labute approximate surface area is 115 Å². The highest BCUT2D eigenvalue weighted by Gasteiger charge is 2.32. The first-order chi connectivity index (χ1) is 9.18. The van der Waals surface area contributed by atoms with Crippen LogP contribution in [0.25, 0.3) is 10.9 Å². The Morgan fingerprint density at radius 3 is 3.16 bits per heavy atom. The molecule has 2 aromatic rings. The van der Waals surface area contributed by atoms with E-state index in [0.29, 0.717) is 17.9 Å². The third-order valence-corrected chi connectivity index (χ3v) is 4.73. The molecule has 19 heavy (non-hydrogen) atoms. The van der Waals surface area contributed by atoms with E-state index in [1.54, 1.807) is 17.8 Å². The number of fused-ring (bicyclic) bond motifs is 1. The number of aromatic amines is 1. The standard InChI is InChI=1S/C14H16N2O2S/c17-13(16-8-14(18)5-7-19-9-14)11-3-1-2-10-4-6-15-12(10)11/h1-4,6,15,18H,5,7-9H2,(H,16,17). The van der Waals surface area contributed by atoms with E-state index in [2.05, 4.69) is 10.3 Å². The second kappa shape index (κ2) is 4.90. The first-order valence-electron chi connectivity index (χ1n) is 6.32. The molecule has 2 heterocycles. The van der Waals surface area contributed by atoms with Crippen LogP contribution in [0.2, 0.25) is 0 Å². The van der Waals surface area contributed by atoms with Crippen LogP contribution in [0.5, 0.6) is 0 Å². The lowest BCUT2D eigenvalue weighted by Crippen LogP contribution is -2.43. The molecule has 0 spiro atoms. The molecular weight excluding hydrogens is 260 g/mol. The van der Waals surface area contributed by atoms with Gasteiger partial charge in [0.05, 0.1) is 16.7 Å². The van der Waals surface area contributed by atoms with Crippen LogP contribution < -0.4 is 5.32 Å². The zero-order chi connectivity index (χ0) is 13.3. The zero-order valence-electron chi connectivity index (χ0n) is 10.5. The highest BCUT2D eigenvalue weighted by Crippen LogP contribution is 2.27. The van der Waals surface area contributed by atoms with Gasteiger partial charge in [-0.1, -0.05) is 12.1 Å². The van der Waals surface area contributed by atoms with Gasteiger partial charge in [0, 0.05) is 23.9 Å². The predicted molar refractivity (Wildman–Crippen MR) is 77.5 cm³/mol. The maximum atomic E-state index is 12.2. The maximum Gasteiger partial charge on any atom is 0.253 e. The van der Waals surface area contributed by atoms with Crippen LogP contribution >= 0.6 is 11.8 Å². The summed E-state index contributed by atoms with van der Waals surface area (Å²) >= 11 is 1.72. The summed E-state index contributed by atoms with van der Waals surface area (Å²) in [5.74, 6) is 1.51. The van der Waals surface area contributed by atoms with Crippen molar-refractivity contribution >= 4 is 28.6 Å². The minimum absolute atomic E-state index is 0.140. The number of para-hydroxylation sites is 1. The van der Waals surface area contributed by atoms with Crippen molar-refractivity contribution in [1.82, 2.24) is 10.3 Å². The summed E-state index contributed by atoms with van der Waals surface area (Å²) in [5.41, 5.74) is 0.716. The molecule has 1 atom stereocenters. The minimum Gasteiger partial charge on any atom is -0.387 e. The van der Waals surface area contributed by atoms with Crippen molar-refractivity contribution < 1.29 is 9.90 Å². The third kappa shape index (κ3) is 2.48. The fraction of sp³-hybridized carbons (Fsp3) is 0.357. The zero-order valence-corrected chi connectivity index (χ0v) is 11.3. The molecule has 0 bridgehead atoms. The minimum atomic E-state index is -0.746. The van der Waals surface area contributed by atoms with E-state index in [1.807, 2.05) is 24.4 Å². The van der Waals surface area contributed by atoms with Crippen molar-refractivity contribution in [2.75, 3.05) is 18.1 Å². The van der Waals surface area contributed by atoms with Gasteiger partial charge in [0.1, 0.15) is 0 Å². The van der Waals surface area contributed by atoms with Gasteiger partial charge in [0.25, 0.3) is 5.91 Å². The normalized spacial score (nSPS) is 22.8. The number of rotatable bonds is 3. The van der Waals surface area contributed by atoms with Crippen LogP contribution in [0.15, 0.2) is 30.5 Å². The summed E-state index contributed by atoms with van der Waals surface area (Å²) < 4.78 is 0. The lowest BCUT2D eigenvalue weighted by atomic mass is 10.0. The van der Waals surface area contributed by atoms with Crippen molar-refractivity contribution in [1.29, 1.82) is 0 Å². The van der Waals surface area contributed by atoms with E-state index >= 15 is 0 Å². The average Bonchev–Trinajstić information content (AvgIpc) is 3.04. The van der Waals surface area contributed by atoms with Crippen molar-refractivity contribution in [3.63, 3.8) is 0 Å². The summed E-state index contributed by atoms with van der Waals surface area (Å²) in [6, 6.07) is 7.56. The molecule has 1 saturated heterocycles. The molecule has 1 fully saturated rings. The van der Waals surface area contributed by atoms with Gasteiger partial charge in [-0.25, -0.2) is 0 Å². The van der Waals surface area contributed by atoms with E-state index in [0.717, 1.165) is 23.1 Å². The fourth-order valence-electron chi connectivity index (χ4n) is 2.35. The van der Waals surface area contributed by atoms with Gasteiger partial charge in [-0.15, -0.1) is 0 Å². The summed E-state index contributed by atoms with van der Waals surface area (Å²) in [7, 11) is 0. The second-order valence-electron chi connectivity index (χ2n) is 4.96. The highest BCUT2D eigenvalue weighted by molar-refractivity contribution is 7.99. The number of thioether (sulfide) groups is 1. The van der Waals surface area contributed by atoms with E-state index in [-0.39, 0.29) is 5.91 Å². The monoisotopic (exact) mass is 276 g/mol. The number of amides is 1. The van der Waals surface area contributed by atoms with Crippen molar-refractivity contribution in [3.05, 3.63) is 36.0 Å². The van der Waals surface area contributed by atoms with Gasteiger partial charge >= 0.3 is 0 Å². The third-order valence-electron chi connectivity index (χ3n) is 3.49. The number of hydrogen-bond donors (Lipinski definition) is 3. The number of carbonyl (C=O) groups is 1. The smallest absolute Gasteiger partial charge is 0.253 e. The highest BCUT2D eigenvalue weighted by atomic mass is 32.2. The largest absolute Gasteiger partial charge is 0.387 e. The number of hydrogen-bond acceptors (Lipinski definition) is 3. The average molecular weight is 276 g/mol. The number of aliphatic hydroxyl groups is 1. The summed E-state index contributed by atoms with van der Waals surface area (Å²) in [6.45, 7) is 0.315. The predicted octanol–water partition coefficient (Wildman–Crippen LogP) is 1.77. The molecule has 1 aromatic heterocycles. The van der Waals surface area contributed by atoms with Gasteiger partial charge in [-0.05, 0) is 24.3 Å². The van der Waals surface area contributed by atoms with Gasteiger partial charge < -0.3 is 15.4 Å². The van der Waals surface area contributed by atoms with E-state index in [1.165, 1.54) is 0 Å². The molecule has 0 saturated carbocycles. The molecule has 100 valence electrons. The molecule has 3 rings (SSSR count). The van der Waals surface area contributed by atoms with Gasteiger partial charge in [0.2, 0.25) is 0 Å². The SMILES string of the molecule is O=C(NCC1(O)CCSC1)c1cccc2cc[nH]c12. The Hall–Kier alpha value is -1.46. The molecule has 1 amide bonds. The summed E-state index contributed by atoms with van der Waals surface area (Å²) in [5, 5.41) is 14.1. The Morgan fingerprint density at radius 1 is 1.47 bits per heavy atom. The van der Waals surface area contributed by atoms with Gasteiger partial charge in [0.15, 0.2) is 0 Å². The molecule has 0 aliphatic carbocycles. The Morgan fingerprint density at radius 2 is 2.37 bits per heavy atom. The lowest BCUT2D eigenvalue weighted by molar-refractivity contribution is 0.0613. The number of nitrogens with one attached hydrogen (secondary N) is 2. The topological polar surface area (TPSA) is 65.1 Å². The fourth-order valence-corrected chi connectivity index (χ4v) is 3.65. The molecule has 1 aromatic carbocycles. The van der Waals surface area contributed by atoms with Crippen LogP contribution in [0.3, 0.4) is 0 Å². The summed E-state index contributed by atoms with van der Waals surface area (Å²) in [4.78, 5) is 15.3. The van der Waals surface area contributed by atoms with Crippen molar-refractivity contribution in [2.24, 2.45) is 0 Å². The van der Waals surface area contributed by atoms with Gasteiger partial charge in [-0.2, -0.15) is 11.8 Å². The first-order valence-corrected chi connectivity index (χ1v) is 7.48. The lowest BCUT2D eigenvalue weighted by Gasteiger charge is -2.21. The molecule has 1 aliphatic rings. The number of carbonyl (C=O) groups excluding carboxylic acids is 1. The van der Waals surface area contributed by atoms with Crippen LogP contribution in [-0.2, 0) is 0 Å². The molecule has 4 nitrogen and oxygen atoms in total. The van der Waals surface area contributed by atoms with Crippen LogP contribution in [-0.4, -0.2) is 39.6 Å².